The van der Waals surface area contributed by atoms with Gasteiger partial charge in [-0.1, -0.05) is 140 Å². The summed E-state index contributed by atoms with van der Waals surface area (Å²) in [5.41, 5.74) is 11.9. The Labute approximate surface area is 297 Å². The van der Waals surface area contributed by atoms with E-state index < -0.39 is 0 Å². The van der Waals surface area contributed by atoms with Crippen LogP contribution >= 0.6 is 0 Å². The molecule has 0 aliphatic heterocycles. The number of para-hydroxylation sites is 2. The number of fused-ring (bicyclic) bond motifs is 9. The maximum atomic E-state index is 5.63. The molecule has 0 saturated heterocycles. The molecule has 0 amide bonds. The van der Waals surface area contributed by atoms with Crippen LogP contribution in [0.5, 0.6) is 0 Å². The van der Waals surface area contributed by atoms with Gasteiger partial charge in [0.15, 0.2) is 5.82 Å². The summed E-state index contributed by atoms with van der Waals surface area (Å²) in [4.78, 5) is 11.1. The first-order valence-electron chi connectivity index (χ1n) is 17.8. The summed E-state index contributed by atoms with van der Waals surface area (Å²) >= 11 is 0. The maximum absolute atomic E-state index is 5.63. The van der Waals surface area contributed by atoms with Gasteiger partial charge in [0, 0.05) is 43.3 Å². The van der Waals surface area contributed by atoms with Gasteiger partial charge in [0.05, 0.1) is 38.6 Å². The zero-order chi connectivity index (χ0) is 33.9. The van der Waals surface area contributed by atoms with Crippen molar-refractivity contribution in [1.82, 2.24) is 18.9 Å². The lowest BCUT2D eigenvalue weighted by Crippen LogP contribution is -2.04. The summed E-state index contributed by atoms with van der Waals surface area (Å²) in [6.45, 7) is 0. The number of nitrogens with zero attached hydrogens (tertiary/aromatic N) is 4. The first kappa shape index (κ1) is 27.7. The lowest BCUT2D eigenvalue weighted by atomic mass is 9.95. The Morgan fingerprint density at radius 1 is 0.385 bits per heavy atom. The van der Waals surface area contributed by atoms with Crippen molar-refractivity contribution in [2.75, 3.05) is 0 Å². The average Bonchev–Trinajstić information content (AvgIpc) is 3.69. The van der Waals surface area contributed by atoms with E-state index >= 15 is 0 Å². The van der Waals surface area contributed by atoms with Crippen LogP contribution in [0.25, 0.3) is 110 Å². The monoisotopic (exact) mass is 660 g/mol. The summed E-state index contributed by atoms with van der Waals surface area (Å²) in [7, 11) is 0. The zero-order valence-corrected chi connectivity index (χ0v) is 28.0. The molecule has 0 radical (unpaired) electrons. The van der Waals surface area contributed by atoms with Gasteiger partial charge in [0.25, 0.3) is 0 Å². The summed E-state index contributed by atoms with van der Waals surface area (Å²) in [5.74, 6) is 0.823. The SMILES string of the molecule is c1ccc(-c2nc3ccc4ccccc4c3nc2-n2c3ccc(-c4ccccc4)c4c5ccccc5n5c6ccccc6c6ccc2c(c43)c65)cc1. The van der Waals surface area contributed by atoms with Gasteiger partial charge in [0.2, 0.25) is 0 Å². The van der Waals surface area contributed by atoms with Crippen LogP contribution in [-0.4, -0.2) is 18.9 Å². The minimum atomic E-state index is 0.823. The fourth-order valence-electron chi connectivity index (χ4n) is 8.86. The smallest absolute Gasteiger partial charge is 0.165 e. The van der Waals surface area contributed by atoms with Gasteiger partial charge in [-0.2, -0.15) is 0 Å². The van der Waals surface area contributed by atoms with E-state index in [0.717, 1.165) is 49.9 Å². The van der Waals surface area contributed by atoms with Gasteiger partial charge in [-0.15, -0.1) is 0 Å². The standard InChI is InChI=1S/C48H28N4/c1-3-13-29(14-4-1)32-24-27-40-43-42(32)36-20-10-12-22-39(36)51-38-21-11-9-19-34(38)35-25-28-41(44(43)47(35)51)52(40)48-45(31-16-5-2-6-17-31)49-37-26-23-30-15-7-8-18-33(30)46(37)50-48/h1-28H. The van der Waals surface area contributed by atoms with E-state index in [2.05, 4.69) is 179 Å². The molecule has 0 saturated carbocycles. The number of hydrogen-bond donors (Lipinski definition) is 0. The Hall–Kier alpha value is -7.04. The average molecular weight is 661 g/mol. The molecular weight excluding hydrogens is 633 g/mol. The third-order valence-electron chi connectivity index (χ3n) is 11.0. The highest BCUT2D eigenvalue weighted by Crippen LogP contribution is 2.48. The Bertz CT molecular complexity index is 3390. The summed E-state index contributed by atoms with van der Waals surface area (Å²) in [6.07, 6.45) is 0. The molecule has 0 bridgehead atoms. The number of benzene rings is 8. The van der Waals surface area contributed by atoms with Crippen molar-refractivity contribution in [1.29, 1.82) is 0 Å². The van der Waals surface area contributed by atoms with E-state index in [1.165, 1.54) is 60.0 Å². The van der Waals surface area contributed by atoms with Crippen molar-refractivity contribution in [3.63, 3.8) is 0 Å². The Morgan fingerprint density at radius 2 is 1.02 bits per heavy atom. The maximum Gasteiger partial charge on any atom is 0.165 e. The van der Waals surface area contributed by atoms with Crippen LogP contribution in [0.2, 0.25) is 0 Å². The van der Waals surface area contributed by atoms with Gasteiger partial charge >= 0.3 is 0 Å². The lowest BCUT2D eigenvalue weighted by molar-refractivity contribution is 1.08. The topological polar surface area (TPSA) is 35.1 Å². The van der Waals surface area contributed by atoms with Gasteiger partial charge < -0.3 is 4.40 Å². The largest absolute Gasteiger partial charge is 0.308 e. The van der Waals surface area contributed by atoms with Crippen LogP contribution in [0, 0.1) is 0 Å². The van der Waals surface area contributed by atoms with Crippen LogP contribution in [-0.2, 0) is 0 Å². The normalized spacial score (nSPS) is 12.2. The van der Waals surface area contributed by atoms with Crippen molar-refractivity contribution in [2.45, 2.75) is 0 Å². The van der Waals surface area contributed by atoms with Gasteiger partial charge in [-0.25, -0.2) is 9.97 Å². The molecular formula is C48H28N4. The molecule has 0 N–H and O–H groups in total. The molecule has 4 heterocycles. The molecule has 12 rings (SSSR count). The first-order chi connectivity index (χ1) is 25.8. The van der Waals surface area contributed by atoms with Crippen LogP contribution in [0.1, 0.15) is 0 Å². The molecule has 0 atom stereocenters. The molecule has 0 fully saturated rings. The number of aromatic nitrogens is 4. The van der Waals surface area contributed by atoms with Crippen LogP contribution in [0.3, 0.4) is 0 Å². The minimum Gasteiger partial charge on any atom is -0.308 e. The summed E-state index contributed by atoms with van der Waals surface area (Å²) in [5, 5.41) is 9.65. The molecule has 0 aliphatic rings. The van der Waals surface area contributed by atoms with E-state index in [9.17, 15) is 0 Å². The third kappa shape index (κ3) is 3.60. The second kappa shape index (κ2) is 10.3. The molecule has 4 nitrogen and oxygen atoms in total. The molecule has 4 aromatic heterocycles. The van der Waals surface area contributed by atoms with Gasteiger partial charge in [0.1, 0.15) is 5.69 Å². The van der Waals surface area contributed by atoms with E-state index in [1.54, 1.807) is 0 Å². The second-order valence-corrected chi connectivity index (χ2v) is 13.7. The first-order valence-corrected chi connectivity index (χ1v) is 17.8. The molecule has 52 heavy (non-hydrogen) atoms. The van der Waals surface area contributed by atoms with Crippen molar-refractivity contribution in [3.8, 4) is 28.2 Å². The molecule has 240 valence electrons. The molecule has 0 aliphatic carbocycles. The molecule has 4 heteroatoms. The van der Waals surface area contributed by atoms with Crippen LogP contribution in [0.4, 0.5) is 0 Å². The highest BCUT2D eigenvalue weighted by atomic mass is 15.1. The van der Waals surface area contributed by atoms with Crippen LogP contribution in [0.15, 0.2) is 170 Å². The fourth-order valence-corrected chi connectivity index (χ4v) is 8.86. The number of hydrogen-bond acceptors (Lipinski definition) is 2. The quantitative estimate of drug-likeness (QED) is 0.177. The van der Waals surface area contributed by atoms with Crippen molar-refractivity contribution in [2.24, 2.45) is 0 Å². The lowest BCUT2D eigenvalue weighted by Gasteiger charge is -2.15. The van der Waals surface area contributed by atoms with E-state index in [4.69, 9.17) is 9.97 Å². The molecule has 12 aromatic rings. The van der Waals surface area contributed by atoms with Crippen LogP contribution < -0.4 is 0 Å². The van der Waals surface area contributed by atoms with E-state index in [0.29, 0.717) is 0 Å². The fraction of sp³-hybridized carbons (Fsp3) is 0. The minimum absolute atomic E-state index is 0.823. The summed E-state index contributed by atoms with van der Waals surface area (Å²) < 4.78 is 4.88. The number of rotatable bonds is 3. The Balaban J connectivity index is 1.37. The molecule has 0 unspecified atom stereocenters. The van der Waals surface area contributed by atoms with E-state index in [-0.39, 0.29) is 0 Å². The Morgan fingerprint density at radius 3 is 1.83 bits per heavy atom. The Kier molecular flexibility index (Phi) is 5.47. The summed E-state index contributed by atoms with van der Waals surface area (Å²) in [6, 6.07) is 61.0. The van der Waals surface area contributed by atoms with E-state index in [1.807, 2.05) is 0 Å². The van der Waals surface area contributed by atoms with Crippen molar-refractivity contribution < 1.29 is 0 Å². The predicted molar refractivity (Wildman–Crippen MR) is 217 cm³/mol. The van der Waals surface area contributed by atoms with Gasteiger partial charge in [-0.3, -0.25) is 4.57 Å². The zero-order valence-electron chi connectivity index (χ0n) is 28.0. The van der Waals surface area contributed by atoms with Crippen molar-refractivity contribution >= 4 is 81.7 Å². The molecule has 8 aromatic carbocycles. The third-order valence-corrected chi connectivity index (χ3v) is 11.0. The molecule has 0 spiro atoms. The highest BCUT2D eigenvalue weighted by molar-refractivity contribution is 6.35. The highest BCUT2D eigenvalue weighted by Gasteiger charge is 2.27. The second-order valence-electron chi connectivity index (χ2n) is 13.7. The predicted octanol–water partition coefficient (Wildman–Crippen LogP) is 12.4. The van der Waals surface area contributed by atoms with Crippen molar-refractivity contribution in [3.05, 3.63) is 170 Å². The van der Waals surface area contributed by atoms with Gasteiger partial charge in [-0.05, 0) is 46.8 Å².